The Bertz CT molecular complexity index is 33.3. The SMILES string of the molecule is [CH2]CCCC[CH]CCC. The van der Waals surface area contributed by atoms with Gasteiger partial charge in [-0.15, -0.1) is 0 Å². The third-order valence-corrected chi connectivity index (χ3v) is 1.40. The summed E-state index contributed by atoms with van der Waals surface area (Å²) in [5.74, 6) is 0. The average molecular weight is 126 g/mol. The van der Waals surface area contributed by atoms with E-state index >= 15 is 0 Å². The molecule has 54 valence electrons. The highest BCUT2D eigenvalue weighted by Gasteiger charge is 1.86. The predicted molar refractivity (Wildman–Crippen MR) is 43.0 cm³/mol. The summed E-state index contributed by atoms with van der Waals surface area (Å²) in [6, 6.07) is 0. The van der Waals surface area contributed by atoms with Gasteiger partial charge in [0.1, 0.15) is 0 Å². The van der Waals surface area contributed by atoms with Crippen LogP contribution in [0.1, 0.15) is 45.4 Å². The number of hydrogen-bond acceptors (Lipinski definition) is 0. The van der Waals surface area contributed by atoms with Gasteiger partial charge in [0.15, 0.2) is 0 Å². The topological polar surface area (TPSA) is 0 Å². The summed E-state index contributed by atoms with van der Waals surface area (Å²) in [6.07, 6.45) is 9.99. The molecule has 0 aromatic rings. The van der Waals surface area contributed by atoms with E-state index in [1.165, 1.54) is 32.1 Å². The first kappa shape index (κ1) is 9.00. The molecule has 0 fully saturated rings. The fourth-order valence-corrected chi connectivity index (χ4v) is 0.814. The smallest absolute Gasteiger partial charge is 0.0386 e. The minimum atomic E-state index is 1.10. The Labute approximate surface area is 59.7 Å². The van der Waals surface area contributed by atoms with Crippen molar-refractivity contribution in [1.82, 2.24) is 0 Å². The predicted octanol–water partition coefficient (Wildman–Crippen LogP) is 3.39. The van der Waals surface area contributed by atoms with E-state index < -0.39 is 0 Å². The molecule has 0 heteroatoms. The first-order valence-corrected chi connectivity index (χ1v) is 4.02. The second-order valence-corrected chi connectivity index (χ2v) is 2.43. The Kier molecular flexibility index (Phi) is 8.00. The quantitative estimate of drug-likeness (QED) is 0.478. The zero-order chi connectivity index (χ0) is 6.95. The van der Waals surface area contributed by atoms with Crippen molar-refractivity contribution in [3.05, 3.63) is 13.3 Å². The van der Waals surface area contributed by atoms with Crippen LogP contribution in [0.15, 0.2) is 0 Å². The van der Waals surface area contributed by atoms with Crippen LogP contribution in [-0.4, -0.2) is 0 Å². The molecule has 0 saturated carbocycles. The summed E-state index contributed by atoms with van der Waals surface area (Å²) < 4.78 is 0. The number of unbranched alkanes of at least 4 members (excludes halogenated alkanes) is 6. The van der Waals surface area contributed by atoms with Gasteiger partial charge in [0.25, 0.3) is 0 Å². The molecule has 0 aliphatic carbocycles. The van der Waals surface area contributed by atoms with Gasteiger partial charge in [0.2, 0.25) is 0 Å². The lowest BCUT2D eigenvalue weighted by atomic mass is 10.1. The molecule has 0 rings (SSSR count). The van der Waals surface area contributed by atoms with E-state index in [2.05, 4.69) is 20.3 Å². The molecule has 0 atom stereocenters. The lowest BCUT2D eigenvalue weighted by molar-refractivity contribution is 0.707. The maximum absolute atomic E-state index is 3.79. The molecule has 0 unspecified atom stereocenters. The number of rotatable bonds is 6. The van der Waals surface area contributed by atoms with E-state index in [0.29, 0.717) is 0 Å². The van der Waals surface area contributed by atoms with Crippen molar-refractivity contribution < 1.29 is 0 Å². The van der Waals surface area contributed by atoms with Crippen LogP contribution in [0, 0.1) is 13.3 Å². The van der Waals surface area contributed by atoms with Gasteiger partial charge in [0, 0.05) is 0 Å². The average Bonchev–Trinajstić information content (AvgIpc) is 1.89. The lowest BCUT2D eigenvalue weighted by Crippen LogP contribution is -1.77. The maximum atomic E-state index is 3.79. The van der Waals surface area contributed by atoms with Crippen LogP contribution in [0.25, 0.3) is 0 Å². The molecule has 9 heavy (non-hydrogen) atoms. The van der Waals surface area contributed by atoms with Gasteiger partial charge in [-0.3, -0.25) is 0 Å². The van der Waals surface area contributed by atoms with E-state index in [4.69, 9.17) is 0 Å². The Morgan fingerprint density at radius 2 is 2.00 bits per heavy atom. The van der Waals surface area contributed by atoms with E-state index in [0.717, 1.165) is 6.42 Å². The van der Waals surface area contributed by atoms with Crippen LogP contribution in [0.2, 0.25) is 0 Å². The van der Waals surface area contributed by atoms with Crippen LogP contribution >= 0.6 is 0 Å². The summed E-state index contributed by atoms with van der Waals surface area (Å²) in [7, 11) is 0. The minimum absolute atomic E-state index is 1.10. The monoisotopic (exact) mass is 126 g/mol. The second kappa shape index (κ2) is 8.00. The minimum Gasteiger partial charge on any atom is -0.0654 e. The second-order valence-electron chi connectivity index (χ2n) is 2.43. The summed E-state index contributed by atoms with van der Waals surface area (Å²) in [4.78, 5) is 0. The van der Waals surface area contributed by atoms with Gasteiger partial charge in [-0.25, -0.2) is 0 Å². The Balaban J connectivity index is 2.60. The number of hydrogen-bond donors (Lipinski definition) is 0. The van der Waals surface area contributed by atoms with Gasteiger partial charge in [-0.05, 0) is 6.42 Å². The normalized spacial score (nSPS) is 10.0. The molecule has 2 radical (unpaired) electrons. The van der Waals surface area contributed by atoms with E-state index in [-0.39, 0.29) is 0 Å². The van der Waals surface area contributed by atoms with Crippen molar-refractivity contribution in [3.8, 4) is 0 Å². The van der Waals surface area contributed by atoms with Gasteiger partial charge >= 0.3 is 0 Å². The third kappa shape index (κ3) is 8.00. The maximum Gasteiger partial charge on any atom is -0.0386 e. The summed E-state index contributed by atoms with van der Waals surface area (Å²) in [6.45, 7) is 6.01. The van der Waals surface area contributed by atoms with Crippen LogP contribution in [0.5, 0.6) is 0 Å². The fourth-order valence-electron chi connectivity index (χ4n) is 0.814. The van der Waals surface area contributed by atoms with Crippen molar-refractivity contribution in [2.24, 2.45) is 0 Å². The molecular formula is C9H18. The first-order valence-electron chi connectivity index (χ1n) is 4.02. The molecule has 0 N–H and O–H groups in total. The zero-order valence-electron chi connectivity index (χ0n) is 6.53. The molecule has 0 nitrogen and oxygen atoms in total. The molecule has 0 bridgehead atoms. The highest BCUT2D eigenvalue weighted by atomic mass is 13.9. The van der Waals surface area contributed by atoms with Crippen molar-refractivity contribution in [3.63, 3.8) is 0 Å². The Morgan fingerprint density at radius 1 is 1.22 bits per heavy atom. The standard InChI is InChI=1S/C9H18/c1-3-5-7-9-8-6-4-2/h8H,1,3-7,9H2,2H3. The van der Waals surface area contributed by atoms with E-state index in [9.17, 15) is 0 Å². The lowest BCUT2D eigenvalue weighted by Gasteiger charge is -1.95. The van der Waals surface area contributed by atoms with Crippen molar-refractivity contribution in [1.29, 1.82) is 0 Å². The molecular weight excluding hydrogens is 108 g/mol. The molecule has 0 saturated heterocycles. The summed E-state index contributed by atoms with van der Waals surface area (Å²) >= 11 is 0. The molecule has 0 aromatic heterocycles. The summed E-state index contributed by atoms with van der Waals surface area (Å²) in [5.41, 5.74) is 0. The molecule has 0 spiro atoms. The molecule has 0 aromatic carbocycles. The van der Waals surface area contributed by atoms with E-state index in [1.54, 1.807) is 0 Å². The van der Waals surface area contributed by atoms with Crippen molar-refractivity contribution in [2.45, 2.75) is 45.4 Å². The van der Waals surface area contributed by atoms with Crippen molar-refractivity contribution >= 4 is 0 Å². The van der Waals surface area contributed by atoms with Crippen LogP contribution in [-0.2, 0) is 0 Å². The largest absolute Gasteiger partial charge is 0.0654 e. The Hall–Kier alpha value is 0. The molecule has 0 amide bonds. The first-order chi connectivity index (χ1) is 4.41. The zero-order valence-corrected chi connectivity index (χ0v) is 6.53. The third-order valence-electron chi connectivity index (χ3n) is 1.40. The van der Waals surface area contributed by atoms with Gasteiger partial charge in [-0.2, -0.15) is 0 Å². The van der Waals surface area contributed by atoms with Crippen LogP contribution < -0.4 is 0 Å². The highest BCUT2D eigenvalue weighted by molar-refractivity contribution is 4.62. The van der Waals surface area contributed by atoms with E-state index in [1.807, 2.05) is 0 Å². The van der Waals surface area contributed by atoms with Gasteiger partial charge in [-0.1, -0.05) is 52.4 Å². The van der Waals surface area contributed by atoms with Gasteiger partial charge in [0.05, 0.1) is 0 Å². The molecule has 0 heterocycles. The highest BCUT2D eigenvalue weighted by Crippen LogP contribution is 2.04. The van der Waals surface area contributed by atoms with Crippen molar-refractivity contribution in [2.75, 3.05) is 0 Å². The summed E-state index contributed by atoms with van der Waals surface area (Å²) in [5, 5.41) is 0. The van der Waals surface area contributed by atoms with Crippen LogP contribution in [0.4, 0.5) is 0 Å². The van der Waals surface area contributed by atoms with Gasteiger partial charge < -0.3 is 0 Å². The Morgan fingerprint density at radius 3 is 2.56 bits per heavy atom. The van der Waals surface area contributed by atoms with Crippen LogP contribution in [0.3, 0.4) is 0 Å². The molecule has 0 aliphatic rings. The fraction of sp³-hybridized carbons (Fsp3) is 0.778. The molecule has 0 aliphatic heterocycles.